The topological polar surface area (TPSA) is 43.8 Å². The number of hydrogen-bond acceptors (Lipinski definition) is 3. The fourth-order valence-corrected chi connectivity index (χ4v) is 4.78. The average Bonchev–Trinajstić information content (AvgIpc) is 2.68. The SMILES string of the molecule is CC1CN2CCN(C(=O)c3ccccc3)CC2C[C@@]1(C)c1cccc(O)c1. The van der Waals surface area contributed by atoms with Gasteiger partial charge in [-0.15, -0.1) is 0 Å². The molecule has 4 heteroatoms. The number of amides is 1. The molecule has 2 aromatic rings. The van der Waals surface area contributed by atoms with Gasteiger partial charge < -0.3 is 10.0 Å². The summed E-state index contributed by atoms with van der Waals surface area (Å²) in [6.45, 7) is 8.14. The number of carbonyl (C=O) groups excluding carboxylic acids is 1. The summed E-state index contributed by atoms with van der Waals surface area (Å²) in [4.78, 5) is 17.4. The smallest absolute Gasteiger partial charge is 0.253 e. The minimum Gasteiger partial charge on any atom is -0.508 e. The summed E-state index contributed by atoms with van der Waals surface area (Å²) in [5, 5.41) is 9.95. The van der Waals surface area contributed by atoms with Gasteiger partial charge in [0.2, 0.25) is 0 Å². The molecule has 0 bridgehead atoms. The molecule has 2 aromatic carbocycles. The Morgan fingerprint density at radius 1 is 1.07 bits per heavy atom. The standard InChI is InChI=1S/C23H28N2O2/c1-17-15-24-11-12-25(22(27)18-7-4-3-5-8-18)16-20(24)14-23(17,2)19-9-6-10-21(26)13-19/h3-10,13,17,20,26H,11-12,14-16H2,1-2H3/t17?,20?,23-/m1/s1. The first-order valence-corrected chi connectivity index (χ1v) is 9.85. The number of piperidine rings is 1. The van der Waals surface area contributed by atoms with Crippen molar-refractivity contribution in [1.29, 1.82) is 0 Å². The molecule has 2 saturated heterocycles. The zero-order chi connectivity index (χ0) is 19.0. The molecular weight excluding hydrogens is 336 g/mol. The molecule has 2 unspecified atom stereocenters. The number of piperazine rings is 1. The van der Waals surface area contributed by atoms with Gasteiger partial charge >= 0.3 is 0 Å². The summed E-state index contributed by atoms with van der Waals surface area (Å²) < 4.78 is 0. The normalized spacial score (nSPS) is 28.6. The molecule has 2 aliphatic heterocycles. The summed E-state index contributed by atoms with van der Waals surface area (Å²) in [6.07, 6.45) is 0.996. The fraction of sp³-hybridized carbons (Fsp3) is 0.435. The molecular formula is C23H28N2O2. The Balaban J connectivity index is 1.55. The molecule has 27 heavy (non-hydrogen) atoms. The predicted octanol–water partition coefficient (Wildman–Crippen LogP) is 3.52. The first kappa shape index (κ1) is 18.1. The summed E-state index contributed by atoms with van der Waals surface area (Å²) in [5.41, 5.74) is 1.96. The van der Waals surface area contributed by atoms with E-state index in [9.17, 15) is 9.90 Å². The number of carbonyl (C=O) groups is 1. The van der Waals surface area contributed by atoms with Crippen LogP contribution in [0.2, 0.25) is 0 Å². The van der Waals surface area contributed by atoms with Gasteiger partial charge in [-0.3, -0.25) is 9.69 Å². The molecule has 0 aromatic heterocycles. The largest absolute Gasteiger partial charge is 0.508 e. The molecule has 2 aliphatic rings. The van der Waals surface area contributed by atoms with Gasteiger partial charge in [0.25, 0.3) is 5.91 Å². The van der Waals surface area contributed by atoms with Gasteiger partial charge in [-0.1, -0.05) is 44.2 Å². The molecule has 2 heterocycles. The van der Waals surface area contributed by atoms with Gasteiger partial charge in [0.05, 0.1) is 0 Å². The summed E-state index contributed by atoms with van der Waals surface area (Å²) in [5.74, 6) is 0.952. The van der Waals surface area contributed by atoms with Crippen molar-refractivity contribution in [3.05, 3.63) is 65.7 Å². The molecule has 0 aliphatic carbocycles. The lowest BCUT2D eigenvalue weighted by Crippen LogP contribution is -2.61. The Bertz CT molecular complexity index is 822. The van der Waals surface area contributed by atoms with Crippen molar-refractivity contribution in [3.63, 3.8) is 0 Å². The second-order valence-electron chi connectivity index (χ2n) is 8.34. The third-order valence-corrected chi connectivity index (χ3v) is 6.67. The van der Waals surface area contributed by atoms with Crippen molar-refractivity contribution in [2.24, 2.45) is 5.92 Å². The van der Waals surface area contributed by atoms with Crippen LogP contribution in [0.5, 0.6) is 5.75 Å². The summed E-state index contributed by atoms with van der Waals surface area (Å²) in [7, 11) is 0. The van der Waals surface area contributed by atoms with Crippen LogP contribution in [0.25, 0.3) is 0 Å². The number of nitrogens with zero attached hydrogens (tertiary/aromatic N) is 2. The highest BCUT2D eigenvalue weighted by Gasteiger charge is 2.45. The zero-order valence-electron chi connectivity index (χ0n) is 16.1. The fourth-order valence-electron chi connectivity index (χ4n) is 4.78. The maximum absolute atomic E-state index is 12.9. The van der Waals surface area contributed by atoms with E-state index in [1.807, 2.05) is 47.4 Å². The van der Waals surface area contributed by atoms with Gasteiger partial charge in [0, 0.05) is 37.8 Å². The van der Waals surface area contributed by atoms with E-state index in [1.165, 1.54) is 5.56 Å². The molecule has 0 radical (unpaired) electrons. The van der Waals surface area contributed by atoms with E-state index in [-0.39, 0.29) is 11.3 Å². The van der Waals surface area contributed by atoms with Crippen molar-refractivity contribution in [1.82, 2.24) is 9.80 Å². The van der Waals surface area contributed by atoms with E-state index < -0.39 is 0 Å². The number of phenols is 1. The van der Waals surface area contributed by atoms with Crippen molar-refractivity contribution in [3.8, 4) is 5.75 Å². The predicted molar refractivity (Wildman–Crippen MR) is 107 cm³/mol. The highest BCUT2D eigenvalue weighted by molar-refractivity contribution is 5.94. The quantitative estimate of drug-likeness (QED) is 0.887. The first-order chi connectivity index (χ1) is 13.0. The van der Waals surface area contributed by atoms with Crippen molar-refractivity contribution < 1.29 is 9.90 Å². The lowest BCUT2D eigenvalue weighted by atomic mass is 9.65. The van der Waals surface area contributed by atoms with Crippen LogP contribution in [0.1, 0.15) is 36.2 Å². The molecule has 0 spiro atoms. The van der Waals surface area contributed by atoms with Crippen molar-refractivity contribution in [2.45, 2.75) is 31.7 Å². The Labute approximate surface area is 161 Å². The molecule has 1 N–H and O–H groups in total. The van der Waals surface area contributed by atoms with Gasteiger partial charge in [-0.25, -0.2) is 0 Å². The van der Waals surface area contributed by atoms with Crippen LogP contribution >= 0.6 is 0 Å². The van der Waals surface area contributed by atoms with Gasteiger partial charge in [0.1, 0.15) is 5.75 Å². The monoisotopic (exact) mass is 364 g/mol. The Kier molecular flexibility index (Phi) is 4.68. The molecule has 4 rings (SSSR count). The average molecular weight is 364 g/mol. The van der Waals surface area contributed by atoms with E-state index in [4.69, 9.17) is 0 Å². The zero-order valence-corrected chi connectivity index (χ0v) is 16.1. The van der Waals surface area contributed by atoms with Crippen LogP contribution in [0.15, 0.2) is 54.6 Å². The highest BCUT2D eigenvalue weighted by Crippen LogP contribution is 2.43. The summed E-state index contributed by atoms with van der Waals surface area (Å²) >= 11 is 0. The second-order valence-corrected chi connectivity index (χ2v) is 8.34. The second kappa shape index (κ2) is 7.01. The van der Waals surface area contributed by atoms with Crippen LogP contribution in [0.4, 0.5) is 0 Å². The number of aromatic hydroxyl groups is 1. The van der Waals surface area contributed by atoms with Crippen LogP contribution in [-0.4, -0.2) is 53.0 Å². The maximum atomic E-state index is 12.9. The number of fused-ring (bicyclic) bond motifs is 1. The van der Waals surface area contributed by atoms with Crippen LogP contribution in [-0.2, 0) is 5.41 Å². The van der Waals surface area contributed by atoms with Crippen LogP contribution < -0.4 is 0 Å². The van der Waals surface area contributed by atoms with Gasteiger partial charge in [-0.05, 0) is 47.6 Å². The number of benzene rings is 2. The van der Waals surface area contributed by atoms with E-state index in [1.54, 1.807) is 6.07 Å². The third kappa shape index (κ3) is 3.34. The Morgan fingerprint density at radius 2 is 1.85 bits per heavy atom. The van der Waals surface area contributed by atoms with E-state index in [0.29, 0.717) is 17.7 Å². The first-order valence-electron chi connectivity index (χ1n) is 9.85. The maximum Gasteiger partial charge on any atom is 0.253 e. The lowest BCUT2D eigenvalue weighted by Gasteiger charge is -2.53. The summed E-state index contributed by atoms with van der Waals surface area (Å²) in [6, 6.07) is 17.6. The van der Waals surface area contributed by atoms with E-state index in [2.05, 4.69) is 24.8 Å². The Hall–Kier alpha value is -2.33. The van der Waals surface area contributed by atoms with E-state index >= 15 is 0 Å². The third-order valence-electron chi connectivity index (χ3n) is 6.67. The van der Waals surface area contributed by atoms with Crippen LogP contribution in [0, 0.1) is 5.92 Å². The van der Waals surface area contributed by atoms with Crippen molar-refractivity contribution in [2.75, 3.05) is 26.2 Å². The molecule has 2 fully saturated rings. The number of rotatable bonds is 2. The van der Waals surface area contributed by atoms with Crippen molar-refractivity contribution >= 4 is 5.91 Å². The Morgan fingerprint density at radius 3 is 2.59 bits per heavy atom. The van der Waals surface area contributed by atoms with E-state index in [0.717, 1.165) is 38.2 Å². The molecule has 142 valence electrons. The molecule has 3 atom stereocenters. The van der Waals surface area contributed by atoms with Crippen LogP contribution in [0.3, 0.4) is 0 Å². The molecule has 1 amide bonds. The van der Waals surface area contributed by atoms with Gasteiger partial charge in [0.15, 0.2) is 0 Å². The number of phenolic OH excluding ortho intramolecular Hbond substituents is 1. The minimum absolute atomic E-state index is 0.00128. The molecule has 4 nitrogen and oxygen atoms in total. The highest BCUT2D eigenvalue weighted by atomic mass is 16.3. The molecule has 0 saturated carbocycles. The minimum atomic E-state index is -0.00128. The number of hydrogen-bond donors (Lipinski definition) is 1. The van der Waals surface area contributed by atoms with Gasteiger partial charge in [-0.2, -0.15) is 0 Å². The lowest BCUT2D eigenvalue weighted by molar-refractivity contribution is -0.000249.